The van der Waals surface area contributed by atoms with Crippen molar-refractivity contribution < 1.29 is 4.39 Å². The van der Waals surface area contributed by atoms with E-state index >= 15 is 0 Å². The van der Waals surface area contributed by atoms with E-state index in [0.29, 0.717) is 11.7 Å². The van der Waals surface area contributed by atoms with E-state index in [1.54, 1.807) is 6.07 Å². The van der Waals surface area contributed by atoms with Crippen molar-refractivity contribution in [2.75, 3.05) is 23.1 Å². The van der Waals surface area contributed by atoms with Crippen LogP contribution >= 0.6 is 11.8 Å². The van der Waals surface area contributed by atoms with Gasteiger partial charge in [-0.05, 0) is 43.6 Å². The predicted molar refractivity (Wildman–Crippen MR) is 66.9 cm³/mol. The van der Waals surface area contributed by atoms with Gasteiger partial charge in [0.25, 0.3) is 0 Å². The largest absolute Gasteiger partial charge is 0.397 e. The topological polar surface area (TPSA) is 38.0 Å². The molecule has 0 bridgehead atoms. The minimum Gasteiger partial charge on any atom is -0.397 e. The summed E-state index contributed by atoms with van der Waals surface area (Å²) in [7, 11) is 0. The maximum atomic E-state index is 12.8. The molecule has 1 unspecified atom stereocenters. The standard InChI is InChI=1S/C11H17FN2S/c1-8(5-6-15-2)14-11-4-3-9(12)7-10(11)13/h3-4,7-8,14H,5-6,13H2,1-2H3. The Balaban J connectivity index is 2.56. The Bertz CT molecular complexity index is 317. The molecule has 0 aliphatic carbocycles. The molecule has 0 spiro atoms. The van der Waals surface area contributed by atoms with Crippen LogP contribution in [0.5, 0.6) is 0 Å². The maximum absolute atomic E-state index is 12.8. The number of nitrogen functional groups attached to an aromatic ring is 1. The van der Waals surface area contributed by atoms with Gasteiger partial charge in [-0.3, -0.25) is 0 Å². The molecule has 0 aliphatic rings. The molecule has 1 aromatic rings. The smallest absolute Gasteiger partial charge is 0.125 e. The van der Waals surface area contributed by atoms with Crippen LogP contribution in [0.25, 0.3) is 0 Å². The molecule has 1 atom stereocenters. The van der Waals surface area contributed by atoms with Crippen molar-refractivity contribution in [1.29, 1.82) is 0 Å². The molecule has 0 saturated heterocycles. The Kier molecular flexibility index (Phi) is 4.75. The van der Waals surface area contributed by atoms with Gasteiger partial charge in [0.2, 0.25) is 0 Å². The van der Waals surface area contributed by atoms with Crippen molar-refractivity contribution in [3.8, 4) is 0 Å². The molecule has 2 nitrogen and oxygen atoms in total. The van der Waals surface area contributed by atoms with Crippen LogP contribution in [-0.4, -0.2) is 18.1 Å². The number of hydrogen-bond acceptors (Lipinski definition) is 3. The van der Waals surface area contributed by atoms with Gasteiger partial charge in [-0.25, -0.2) is 4.39 Å². The average molecular weight is 228 g/mol. The lowest BCUT2D eigenvalue weighted by molar-refractivity contribution is 0.628. The van der Waals surface area contributed by atoms with E-state index in [2.05, 4.69) is 18.5 Å². The molecule has 0 aromatic heterocycles. The lowest BCUT2D eigenvalue weighted by atomic mass is 10.2. The monoisotopic (exact) mass is 228 g/mol. The van der Waals surface area contributed by atoms with E-state index in [4.69, 9.17) is 5.73 Å². The molecule has 84 valence electrons. The van der Waals surface area contributed by atoms with Gasteiger partial charge in [0.1, 0.15) is 5.82 Å². The average Bonchev–Trinajstić information content (AvgIpc) is 2.19. The molecule has 1 rings (SSSR count). The highest BCUT2D eigenvalue weighted by Crippen LogP contribution is 2.20. The number of nitrogens with two attached hydrogens (primary N) is 1. The Morgan fingerprint density at radius 3 is 2.87 bits per heavy atom. The Labute approximate surface area is 94.4 Å². The van der Waals surface area contributed by atoms with E-state index in [1.807, 2.05) is 11.8 Å². The molecular weight excluding hydrogens is 211 g/mol. The van der Waals surface area contributed by atoms with Gasteiger partial charge in [-0.15, -0.1) is 0 Å². The first kappa shape index (κ1) is 12.2. The second-order valence-electron chi connectivity index (χ2n) is 3.56. The van der Waals surface area contributed by atoms with Crippen LogP contribution in [0, 0.1) is 5.82 Å². The highest BCUT2D eigenvalue weighted by atomic mass is 32.2. The van der Waals surface area contributed by atoms with Crippen molar-refractivity contribution in [1.82, 2.24) is 0 Å². The summed E-state index contributed by atoms with van der Waals surface area (Å²) in [5, 5.41) is 3.27. The number of halogens is 1. The zero-order valence-electron chi connectivity index (χ0n) is 9.09. The zero-order chi connectivity index (χ0) is 11.3. The van der Waals surface area contributed by atoms with Gasteiger partial charge in [-0.1, -0.05) is 0 Å². The summed E-state index contributed by atoms with van der Waals surface area (Å²) < 4.78 is 12.8. The first-order valence-electron chi connectivity index (χ1n) is 4.94. The van der Waals surface area contributed by atoms with Gasteiger partial charge in [0.15, 0.2) is 0 Å². The fourth-order valence-electron chi connectivity index (χ4n) is 1.30. The Morgan fingerprint density at radius 2 is 2.27 bits per heavy atom. The van der Waals surface area contributed by atoms with Crippen molar-refractivity contribution in [2.24, 2.45) is 0 Å². The third kappa shape index (κ3) is 4.00. The van der Waals surface area contributed by atoms with Crippen molar-refractivity contribution in [2.45, 2.75) is 19.4 Å². The molecular formula is C11H17FN2S. The molecule has 3 N–H and O–H groups in total. The Morgan fingerprint density at radius 1 is 1.53 bits per heavy atom. The highest BCUT2D eigenvalue weighted by molar-refractivity contribution is 7.98. The molecule has 4 heteroatoms. The van der Waals surface area contributed by atoms with Crippen molar-refractivity contribution in [3.63, 3.8) is 0 Å². The van der Waals surface area contributed by atoms with Gasteiger partial charge in [0.05, 0.1) is 11.4 Å². The number of rotatable bonds is 5. The number of benzene rings is 1. The summed E-state index contributed by atoms with van der Waals surface area (Å²) >= 11 is 1.82. The van der Waals surface area contributed by atoms with Gasteiger partial charge in [-0.2, -0.15) is 11.8 Å². The fourth-order valence-corrected chi connectivity index (χ4v) is 1.89. The van der Waals surface area contributed by atoms with Crippen LogP contribution in [0.4, 0.5) is 15.8 Å². The van der Waals surface area contributed by atoms with E-state index in [9.17, 15) is 4.39 Å². The molecule has 1 aromatic carbocycles. The normalized spacial score (nSPS) is 12.5. The maximum Gasteiger partial charge on any atom is 0.125 e. The van der Waals surface area contributed by atoms with Gasteiger partial charge in [0, 0.05) is 6.04 Å². The third-order valence-electron chi connectivity index (χ3n) is 2.17. The molecule has 0 radical (unpaired) electrons. The number of hydrogen-bond donors (Lipinski definition) is 2. The first-order chi connectivity index (χ1) is 7.13. The van der Waals surface area contributed by atoms with E-state index < -0.39 is 0 Å². The Hall–Kier alpha value is -0.900. The lowest BCUT2D eigenvalue weighted by Gasteiger charge is -2.16. The first-order valence-corrected chi connectivity index (χ1v) is 6.33. The van der Waals surface area contributed by atoms with Gasteiger partial charge >= 0.3 is 0 Å². The van der Waals surface area contributed by atoms with E-state index in [-0.39, 0.29) is 5.82 Å². The third-order valence-corrected chi connectivity index (χ3v) is 2.81. The number of anilines is 2. The minimum atomic E-state index is -0.296. The zero-order valence-corrected chi connectivity index (χ0v) is 9.90. The summed E-state index contributed by atoms with van der Waals surface area (Å²) in [5.41, 5.74) is 6.96. The van der Waals surface area contributed by atoms with E-state index in [0.717, 1.165) is 17.9 Å². The molecule has 0 fully saturated rings. The van der Waals surface area contributed by atoms with Crippen LogP contribution in [0.2, 0.25) is 0 Å². The van der Waals surface area contributed by atoms with Crippen LogP contribution in [0.3, 0.4) is 0 Å². The predicted octanol–water partition coefficient (Wildman–Crippen LogP) is 2.96. The molecule has 15 heavy (non-hydrogen) atoms. The SMILES string of the molecule is CSCCC(C)Nc1ccc(F)cc1N. The number of thioether (sulfide) groups is 1. The van der Waals surface area contributed by atoms with Crippen LogP contribution in [-0.2, 0) is 0 Å². The number of nitrogens with one attached hydrogen (secondary N) is 1. The molecule has 0 saturated carbocycles. The second-order valence-corrected chi connectivity index (χ2v) is 4.54. The highest BCUT2D eigenvalue weighted by Gasteiger charge is 2.04. The summed E-state index contributed by atoms with van der Waals surface area (Å²) in [6.07, 6.45) is 3.15. The lowest BCUT2D eigenvalue weighted by Crippen LogP contribution is -2.16. The van der Waals surface area contributed by atoms with Crippen LogP contribution in [0.1, 0.15) is 13.3 Å². The molecule has 0 aliphatic heterocycles. The van der Waals surface area contributed by atoms with Crippen LogP contribution < -0.4 is 11.1 Å². The van der Waals surface area contributed by atoms with E-state index in [1.165, 1.54) is 12.1 Å². The summed E-state index contributed by atoms with van der Waals surface area (Å²) in [6, 6.07) is 4.79. The second kappa shape index (κ2) is 5.85. The van der Waals surface area contributed by atoms with Crippen molar-refractivity contribution in [3.05, 3.63) is 24.0 Å². The summed E-state index contributed by atoms with van der Waals surface area (Å²) in [4.78, 5) is 0. The molecule has 0 amide bonds. The molecule has 0 heterocycles. The van der Waals surface area contributed by atoms with Crippen molar-refractivity contribution >= 4 is 23.1 Å². The fraction of sp³-hybridized carbons (Fsp3) is 0.455. The van der Waals surface area contributed by atoms with Crippen LogP contribution in [0.15, 0.2) is 18.2 Å². The summed E-state index contributed by atoms with van der Waals surface area (Å²) in [6.45, 7) is 2.10. The minimum absolute atomic E-state index is 0.296. The van der Waals surface area contributed by atoms with Gasteiger partial charge < -0.3 is 11.1 Å². The quantitative estimate of drug-likeness (QED) is 0.761. The summed E-state index contributed by atoms with van der Waals surface area (Å²) in [5.74, 6) is 0.810.